The van der Waals surface area contributed by atoms with Crippen LogP contribution in [0.4, 0.5) is 0 Å². The quantitative estimate of drug-likeness (QED) is 0.562. The van der Waals surface area contributed by atoms with E-state index in [1.54, 1.807) is 0 Å². The van der Waals surface area contributed by atoms with Crippen LogP contribution in [-0.4, -0.2) is 23.8 Å². The minimum absolute atomic E-state index is 0.146. The Morgan fingerprint density at radius 1 is 1.07 bits per heavy atom. The van der Waals surface area contributed by atoms with Crippen LogP contribution >= 0.6 is 0 Å². The summed E-state index contributed by atoms with van der Waals surface area (Å²) in [4.78, 5) is 0. The summed E-state index contributed by atoms with van der Waals surface area (Å²) < 4.78 is 0. The van der Waals surface area contributed by atoms with E-state index in [0.717, 1.165) is 19.4 Å². The fraction of sp³-hybridized carbons (Fsp3) is 1.00. The highest BCUT2D eigenvalue weighted by atomic mass is 16.3. The molecule has 0 aliphatic carbocycles. The molecule has 0 aromatic rings. The maximum atomic E-state index is 9.10. The standard InChI is InChI=1S/C12H27NO/c1-4-7-12(8-5-2)13-10-6-9-11(3)14/h11-14H,4-10H2,1-3H3. The van der Waals surface area contributed by atoms with Gasteiger partial charge in [0.05, 0.1) is 6.10 Å². The lowest BCUT2D eigenvalue weighted by atomic mass is 10.1. The van der Waals surface area contributed by atoms with E-state index in [1.807, 2.05) is 6.92 Å². The topological polar surface area (TPSA) is 32.3 Å². The third-order valence-corrected chi connectivity index (χ3v) is 2.51. The number of hydrogen-bond acceptors (Lipinski definition) is 2. The van der Waals surface area contributed by atoms with Gasteiger partial charge in [0, 0.05) is 6.04 Å². The largest absolute Gasteiger partial charge is 0.393 e. The maximum Gasteiger partial charge on any atom is 0.0512 e. The Morgan fingerprint density at radius 2 is 1.64 bits per heavy atom. The van der Waals surface area contributed by atoms with Crippen molar-refractivity contribution < 1.29 is 5.11 Å². The second-order valence-corrected chi connectivity index (χ2v) is 4.22. The van der Waals surface area contributed by atoms with E-state index in [1.165, 1.54) is 25.7 Å². The van der Waals surface area contributed by atoms with Crippen LogP contribution < -0.4 is 5.32 Å². The molecule has 0 spiro atoms. The van der Waals surface area contributed by atoms with Crippen LogP contribution in [0.5, 0.6) is 0 Å². The number of rotatable bonds is 9. The molecule has 0 fully saturated rings. The van der Waals surface area contributed by atoms with Gasteiger partial charge in [0.25, 0.3) is 0 Å². The van der Waals surface area contributed by atoms with Crippen molar-refractivity contribution in [1.29, 1.82) is 0 Å². The van der Waals surface area contributed by atoms with Crippen molar-refractivity contribution >= 4 is 0 Å². The molecule has 2 nitrogen and oxygen atoms in total. The number of nitrogens with one attached hydrogen (secondary N) is 1. The van der Waals surface area contributed by atoms with Crippen molar-refractivity contribution in [2.24, 2.45) is 0 Å². The molecular weight excluding hydrogens is 174 g/mol. The van der Waals surface area contributed by atoms with Crippen molar-refractivity contribution in [3.8, 4) is 0 Å². The van der Waals surface area contributed by atoms with Gasteiger partial charge in [-0.15, -0.1) is 0 Å². The van der Waals surface area contributed by atoms with E-state index in [9.17, 15) is 0 Å². The number of hydrogen-bond donors (Lipinski definition) is 2. The first-order chi connectivity index (χ1) is 6.70. The summed E-state index contributed by atoms with van der Waals surface area (Å²) >= 11 is 0. The van der Waals surface area contributed by atoms with Gasteiger partial charge >= 0.3 is 0 Å². The highest BCUT2D eigenvalue weighted by Gasteiger charge is 2.04. The van der Waals surface area contributed by atoms with Crippen LogP contribution in [0.25, 0.3) is 0 Å². The summed E-state index contributed by atoms with van der Waals surface area (Å²) in [5.41, 5.74) is 0. The zero-order chi connectivity index (χ0) is 10.8. The molecular formula is C12H27NO. The molecule has 0 aromatic carbocycles. The third-order valence-electron chi connectivity index (χ3n) is 2.51. The Balaban J connectivity index is 3.40. The number of aliphatic hydroxyl groups is 1. The van der Waals surface area contributed by atoms with E-state index in [0.29, 0.717) is 6.04 Å². The molecule has 14 heavy (non-hydrogen) atoms. The Hall–Kier alpha value is -0.0800. The predicted octanol–water partition coefficient (Wildman–Crippen LogP) is 2.71. The van der Waals surface area contributed by atoms with Crippen LogP contribution in [0.15, 0.2) is 0 Å². The van der Waals surface area contributed by atoms with Gasteiger partial charge in [0.15, 0.2) is 0 Å². The molecule has 0 saturated heterocycles. The SMILES string of the molecule is CCCC(CCC)NCCCC(C)O. The lowest BCUT2D eigenvalue weighted by Gasteiger charge is -2.17. The minimum atomic E-state index is -0.146. The molecule has 86 valence electrons. The van der Waals surface area contributed by atoms with Crippen LogP contribution in [0.2, 0.25) is 0 Å². The van der Waals surface area contributed by atoms with Crippen molar-refractivity contribution in [3.63, 3.8) is 0 Å². The van der Waals surface area contributed by atoms with Crippen LogP contribution in [0, 0.1) is 0 Å². The molecule has 0 aliphatic rings. The van der Waals surface area contributed by atoms with Gasteiger partial charge in [-0.25, -0.2) is 0 Å². The van der Waals surface area contributed by atoms with E-state index >= 15 is 0 Å². The van der Waals surface area contributed by atoms with Crippen molar-refractivity contribution in [3.05, 3.63) is 0 Å². The van der Waals surface area contributed by atoms with E-state index in [-0.39, 0.29) is 6.10 Å². The molecule has 0 heterocycles. The number of aliphatic hydroxyl groups excluding tert-OH is 1. The van der Waals surface area contributed by atoms with Gasteiger partial charge in [-0.05, 0) is 39.2 Å². The Labute approximate surface area is 89.1 Å². The maximum absolute atomic E-state index is 9.10. The van der Waals surface area contributed by atoms with E-state index in [4.69, 9.17) is 5.11 Å². The fourth-order valence-corrected chi connectivity index (χ4v) is 1.75. The molecule has 0 radical (unpaired) electrons. The molecule has 0 amide bonds. The van der Waals surface area contributed by atoms with Gasteiger partial charge in [0.1, 0.15) is 0 Å². The third kappa shape index (κ3) is 8.52. The van der Waals surface area contributed by atoms with Crippen LogP contribution in [0.3, 0.4) is 0 Å². The average Bonchev–Trinajstić information content (AvgIpc) is 2.12. The van der Waals surface area contributed by atoms with Crippen molar-refractivity contribution in [2.45, 2.75) is 71.4 Å². The lowest BCUT2D eigenvalue weighted by Crippen LogP contribution is -2.30. The first kappa shape index (κ1) is 13.9. The summed E-state index contributed by atoms with van der Waals surface area (Å²) in [6.07, 6.45) is 6.93. The lowest BCUT2D eigenvalue weighted by molar-refractivity contribution is 0.180. The van der Waals surface area contributed by atoms with Crippen molar-refractivity contribution in [1.82, 2.24) is 5.32 Å². The van der Waals surface area contributed by atoms with Crippen molar-refractivity contribution in [2.75, 3.05) is 6.54 Å². The molecule has 0 saturated carbocycles. The molecule has 2 heteroatoms. The molecule has 0 aromatic heterocycles. The zero-order valence-corrected chi connectivity index (χ0v) is 10.1. The normalized spacial score (nSPS) is 13.5. The monoisotopic (exact) mass is 201 g/mol. The van der Waals surface area contributed by atoms with E-state index in [2.05, 4.69) is 19.2 Å². The minimum Gasteiger partial charge on any atom is -0.393 e. The van der Waals surface area contributed by atoms with Gasteiger partial charge in [0.2, 0.25) is 0 Å². The molecule has 0 bridgehead atoms. The molecule has 1 unspecified atom stereocenters. The highest BCUT2D eigenvalue weighted by molar-refractivity contribution is 4.65. The van der Waals surface area contributed by atoms with Gasteiger partial charge in [-0.3, -0.25) is 0 Å². The second kappa shape index (κ2) is 9.47. The molecule has 0 rings (SSSR count). The predicted molar refractivity (Wildman–Crippen MR) is 62.5 cm³/mol. The Morgan fingerprint density at radius 3 is 2.07 bits per heavy atom. The highest BCUT2D eigenvalue weighted by Crippen LogP contribution is 2.04. The van der Waals surface area contributed by atoms with Crippen LogP contribution in [-0.2, 0) is 0 Å². The van der Waals surface area contributed by atoms with Gasteiger partial charge in [-0.1, -0.05) is 26.7 Å². The summed E-state index contributed by atoms with van der Waals surface area (Å²) in [6, 6.07) is 0.694. The Bertz CT molecular complexity index is 109. The van der Waals surface area contributed by atoms with E-state index < -0.39 is 0 Å². The van der Waals surface area contributed by atoms with Gasteiger partial charge < -0.3 is 10.4 Å². The fourth-order valence-electron chi connectivity index (χ4n) is 1.75. The molecule has 0 aliphatic heterocycles. The van der Waals surface area contributed by atoms with Gasteiger partial charge in [-0.2, -0.15) is 0 Å². The molecule has 1 atom stereocenters. The zero-order valence-electron chi connectivity index (χ0n) is 10.1. The summed E-state index contributed by atoms with van der Waals surface area (Å²) in [6.45, 7) is 7.38. The average molecular weight is 201 g/mol. The second-order valence-electron chi connectivity index (χ2n) is 4.22. The molecule has 2 N–H and O–H groups in total. The summed E-state index contributed by atoms with van der Waals surface area (Å²) in [5.74, 6) is 0. The summed E-state index contributed by atoms with van der Waals surface area (Å²) in [5, 5.41) is 12.7. The first-order valence-corrected chi connectivity index (χ1v) is 6.12. The van der Waals surface area contributed by atoms with Crippen LogP contribution in [0.1, 0.15) is 59.3 Å². The smallest absolute Gasteiger partial charge is 0.0512 e. The first-order valence-electron chi connectivity index (χ1n) is 6.12. The summed E-state index contributed by atoms with van der Waals surface area (Å²) in [7, 11) is 0. The Kier molecular flexibility index (Phi) is 9.42.